The zero-order chi connectivity index (χ0) is 16.8. The van der Waals surface area contributed by atoms with Gasteiger partial charge in [-0.1, -0.05) is 39.3 Å². The largest absolute Gasteiger partial charge is 0.391 e. The third kappa shape index (κ3) is 4.69. The number of urea groups is 1. The van der Waals surface area contributed by atoms with E-state index in [9.17, 15) is 9.90 Å². The summed E-state index contributed by atoms with van der Waals surface area (Å²) in [5.74, 6) is 0.923. The van der Waals surface area contributed by atoms with E-state index in [1.54, 1.807) is 0 Å². The molecule has 0 aliphatic heterocycles. The number of carbonyl (C=O) groups is 1. The van der Waals surface area contributed by atoms with Crippen molar-refractivity contribution >= 4 is 17.1 Å². The Bertz CT molecular complexity index is 605. The average molecular weight is 318 g/mol. The lowest BCUT2D eigenvalue weighted by atomic mass is 10.0. The summed E-state index contributed by atoms with van der Waals surface area (Å²) in [5, 5.41) is 15.3. The van der Waals surface area contributed by atoms with Gasteiger partial charge in [0, 0.05) is 6.54 Å². The molecule has 0 saturated heterocycles. The van der Waals surface area contributed by atoms with Crippen LogP contribution in [0.1, 0.15) is 45.5 Å². The zero-order valence-electron chi connectivity index (χ0n) is 14.0. The van der Waals surface area contributed by atoms with Crippen molar-refractivity contribution in [3.63, 3.8) is 0 Å². The van der Waals surface area contributed by atoms with Crippen LogP contribution in [0.2, 0.25) is 0 Å². The smallest absolute Gasteiger partial charge is 0.315 e. The number of aromatic nitrogens is 2. The van der Waals surface area contributed by atoms with Gasteiger partial charge in [0.2, 0.25) is 0 Å². The minimum atomic E-state index is -0.505. The number of rotatable bonds is 7. The molecule has 0 bridgehead atoms. The molecule has 6 nitrogen and oxygen atoms in total. The Labute approximate surface area is 136 Å². The first kappa shape index (κ1) is 17.3. The first-order valence-corrected chi connectivity index (χ1v) is 8.18. The van der Waals surface area contributed by atoms with Crippen molar-refractivity contribution in [2.45, 2.75) is 45.8 Å². The molecule has 2 rings (SSSR count). The van der Waals surface area contributed by atoms with Gasteiger partial charge in [-0.3, -0.25) is 0 Å². The molecule has 2 atom stereocenters. The van der Waals surface area contributed by atoms with Gasteiger partial charge in [0.25, 0.3) is 0 Å². The molecule has 0 radical (unpaired) electrons. The predicted molar refractivity (Wildman–Crippen MR) is 91.1 cm³/mol. The van der Waals surface area contributed by atoms with Gasteiger partial charge in [0.05, 0.1) is 23.2 Å². The number of fused-ring (bicyclic) bond motifs is 1. The summed E-state index contributed by atoms with van der Waals surface area (Å²) < 4.78 is 0. The predicted octanol–water partition coefficient (Wildman–Crippen LogP) is 2.72. The second-order valence-electron chi connectivity index (χ2n) is 6.16. The van der Waals surface area contributed by atoms with Gasteiger partial charge in [-0.25, -0.2) is 9.78 Å². The van der Waals surface area contributed by atoms with E-state index >= 15 is 0 Å². The lowest BCUT2D eigenvalue weighted by Crippen LogP contribution is -2.42. The minimum Gasteiger partial charge on any atom is -0.391 e. The summed E-state index contributed by atoms with van der Waals surface area (Å²) in [5.41, 5.74) is 1.84. The van der Waals surface area contributed by atoms with E-state index in [0.29, 0.717) is 6.42 Å². The molecular formula is C17H26N4O2. The van der Waals surface area contributed by atoms with Gasteiger partial charge in [0.15, 0.2) is 0 Å². The fourth-order valence-electron chi connectivity index (χ4n) is 2.51. The Morgan fingerprint density at radius 3 is 2.74 bits per heavy atom. The van der Waals surface area contributed by atoms with Gasteiger partial charge in [-0.15, -0.1) is 0 Å². The molecule has 2 unspecified atom stereocenters. The van der Waals surface area contributed by atoms with Crippen LogP contribution < -0.4 is 10.6 Å². The number of H-pyrrole nitrogens is 1. The molecule has 0 spiro atoms. The van der Waals surface area contributed by atoms with Crippen LogP contribution in [0.3, 0.4) is 0 Å². The number of para-hydroxylation sites is 2. The Morgan fingerprint density at radius 1 is 1.35 bits per heavy atom. The summed E-state index contributed by atoms with van der Waals surface area (Å²) in [6.07, 6.45) is 1.06. The van der Waals surface area contributed by atoms with E-state index in [0.717, 1.165) is 23.3 Å². The van der Waals surface area contributed by atoms with Gasteiger partial charge in [0.1, 0.15) is 5.82 Å². The number of imidazole rings is 1. The third-order valence-corrected chi connectivity index (χ3v) is 3.78. The summed E-state index contributed by atoms with van der Waals surface area (Å²) >= 11 is 0. The molecular weight excluding hydrogens is 292 g/mol. The zero-order valence-corrected chi connectivity index (χ0v) is 14.0. The minimum absolute atomic E-state index is 0.182. The van der Waals surface area contributed by atoms with Gasteiger partial charge < -0.3 is 20.7 Å². The van der Waals surface area contributed by atoms with Gasteiger partial charge in [-0.05, 0) is 24.5 Å². The quantitative estimate of drug-likeness (QED) is 0.633. The standard InChI is InChI=1S/C17H26N4O2/c1-4-7-12(22)10-18-17(23)21-15(11(2)3)16-19-13-8-5-6-9-14(13)20-16/h5-6,8-9,11-12,15,22H,4,7,10H2,1-3H3,(H,19,20)(H2,18,21,23). The maximum absolute atomic E-state index is 12.1. The third-order valence-electron chi connectivity index (χ3n) is 3.78. The number of hydrogen-bond acceptors (Lipinski definition) is 3. The molecule has 0 aliphatic rings. The van der Waals surface area contributed by atoms with Crippen molar-refractivity contribution in [1.29, 1.82) is 0 Å². The van der Waals surface area contributed by atoms with Crippen LogP contribution in [0.25, 0.3) is 11.0 Å². The second-order valence-corrected chi connectivity index (χ2v) is 6.16. The number of nitrogens with zero attached hydrogens (tertiary/aromatic N) is 1. The van der Waals surface area contributed by atoms with Crippen LogP contribution >= 0.6 is 0 Å². The number of aliphatic hydroxyl groups is 1. The molecule has 0 fully saturated rings. The highest BCUT2D eigenvalue weighted by molar-refractivity contribution is 5.76. The van der Waals surface area contributed by atoms with Crippen LogP contribution in [0.5, 0.6) is 0 Å². The van der Waals surface area contributed by atoms with Gasteiger partial charge >= 0.3 is 6.03 Å². The van der Waals surface area contributed by atoms with E-state index in [4.69, 9.17) is 0 Å². The monoisotopic (exact) mass is 318 g/mol. The number of carbonyl (C=O) groups excluding carboxylic acids is 1. The van der Waals surface area contributed by atoms with Crippen LogP contribution in [-0.2, 0) is 0 Å². The molecule has 6 heteroatoms. The fourth-order valence-corrected chi connectivity index (χ4v) is 2.51. The summed E-state index contributed by atoms with van der Waals surface area (Å²) in [7, 11) is 0. The van der Waals surface area contributed by atoms with E-state index in [2.05, 4.69) is 20.6 Å². The molecule has 0 saturated carbocycles. The number of nitrogens with one attached hydrogen (secondary N) is 3. The second kappa shape index (κ2) is 7.97. The summed E-state index contributed by atoms with van der Waals surface area (Å²) in [6.45, 7) is 6.32. The van der Waals surface area contributed by atoms with Crippen LogP contribution in [-0.4, -0.2) is 33.8 Å². The average Bonchev–Trinajstić information content (AvgIpc) is 2.94. The van der Waals surface area contributed by atoms with E-state index in [1.165, 1.54) is 0 Å². The molecule has 1 aromatic carbocycles. The molecule has 23 heavy (non-hydrogen) atoms. The first-order valence-electron chi connectivity index (χ1n) is 8.18. The van der Waals surface area contributed by atoms with Crippen LogP contribution in [0, 0.1) is 5.92 Å². The molecule has 1 heterocycles. The van der Waals surface area contributed by atoms with Crippen LogP contribution in [0.4, 0.5) is 4.79 Å². The Balaban J connectivity index is 2.02. The van der Waals surface area contributed by atoms with E-state index < -0.39 is 6.10 Å². The number of benzene rings is 1. The van der Waals surface area contributed by atoms with Crippen molar-refractivity contribution in [3.05, 3.63) is 30.1 Å². The molecule has 1 aromatic heterocycles. The van der Waals surface area contributed by atoms with Crippen molar-refractivity contribution in [2.75, 3.05) is 6.54 Å². The van der Waals surface area contributed by atoms with E-state index in [-0.39, 0.29) is 24.5 Å². The molecule has 126 valence electrons. The van der Waals surface area contributed by atoms with Crippen molar-refractivity contribution < 1.29 is 9.90 Å². The lowest BCUT2D eigenvalue weighted by Gasteiger charge is -2.21. The maximum Gasteiger partial charge on any atom is 0.315 e. The lowest BCUT2D eigenvalue weighted by molar-refractivity contribution is 0.159. The topological polar surface area (TPSA) is 90.0 Å². The summed E-state index contributed by atoms with van der Waals surface area (Å²) in [4.78, 5) is 19.9. The Morgan fingerprint density at radius 2 is 2.09 bits per heavy atom. The molecule has 2 aromatic rings. The normalized spacial score (nSPS) is 14.0. The Kier molecular flexibility index (Phi) is 5.98. The first-order chi connectivity index (χ1) is 11.0. The van der Waals surface area contributed by atoms with Crippen molar-refractivity contribution in [1.82, 2.24) is 20.6 Å². The highest BCUT2D eigenvalue weighted by atomic mass is 16.3. The summed E-state index contributed by atoms with van der Waals surface area (Å²) in [6, 6.07) is 7.28. The SMILES string of the molecule is CCCC(O)CNC(=O)NC(c1nc2ccccc2[nH]1)C(C)C. The van der Waals surface area contributed by atoms with Crippen molar-refractivity contribution in [3.8, 4) is 0 Å². The molecule has 0 aliphatic carbocycles. The van der Waals surface area contributed by atoms with E-state index in [1.807, 2.05) is 45.0 Å². The number of aromatic amines is 1. The number of hydrogen-bond donors (Lipinski definition) is 4. The van der Waals surface area contributed by atoms with Crippen LogP contribution in [0.15, 0.2) is 24.3 Å². The highest BCUT2D eigenvalue weighted by Crippen LogP contribution is 2.21. The number of aliphatic hydroxyl groups excluding tert-OH is 1. The fraction of sp³-hybridized carbons (Fsp3) is 0.529. The maximum atomic E-state index is 12.1. The van der Waals surface area contributed by atoms with Crippen molar-refractivity contribution in [2.24, 2.45) is 5.92 Å². The highest BCUT2D eigenvalue weighted by Gasteiger charge is 2.21. The Hall–Kier alpha value is -2.08. The molecule has 2 amide bonds. The number of amides is 2. The van der Waals surface area contributed by atoms with Gasteiger partial charge in [-0.2, -0.15) is 0 Å². The molecule has 4 N–H and O–H groups in total.